The monoisotopic (exact) mass is 196 g/mol. The molecule has 2 aliphatic rings. The van der Waals surface area contributed by atoms with Crippen molar-refractivity contribution in [3.63, 3.8) is 0 Å². The van der Waals surface area contributed by atoms with Gasteiger partial charge in [0.1, 0.15) is 0 Å². The molecule has 1 N–H and O–H groups in total. The number of nitrogens with zero attached hydrogens (tertiary/aromatic N) is 1. The van der Waals surface area contributed by atoms with Crippen LogP contribution in [0.15, 0.2) is 0 Å². The first-order valence-electron chi connectivity index (χ1n) is 6.06. The van der Waals surface area contributed by atoms with Gasteiger partial charge in [-0.2, -0.15) is 0 Å². The molecule has 2 heteroatoms. The lowest BCUT2D eigenvalue weighted by molar-refractivity contribution is -0.000386. The second-order valence-corrected chi connectivity index (χ2v) is 5.73. The van der Waals surface area contributed by atoms with Crippen molar-refractivity contribution >= 4 is 0 Å². The minimum absolute atomic E-state index is 0.634. The van der Waals surface area contributed by atoms with E-state index in [2.05, 4.69) is 31.0 Å². The van der Waals surface area contributed by atoms with Crippen LogP contribution in [0.3, 0.4) is 0 Å². The van der Waals surface area contributed by atoms with Crippen molar-refractivity contribution in [2.75, 3.05) is 32.7 Å². The van der Waals surface area contributed by atoms with Crippen molar-refractivity contribution in [3.05, 3.63) is 0 Å². The first-order chi connectivity index (χ1) is 6.63. The van der Waals surface area contributed by atoms with Crippen LogP contribution in [-0.4, -0.2) is 37.6 Å². The molecule has 2 fully saturated rings. The van der Waals surface area contributed by atoms with E-state index in [1.165, 1.54) is 39.1 Å². The van der Waals surface area contributed by atoms with Gasteiger partial charge in [-0.25, -0.2) is 0 Å². The SMILES string of the molecule is CCC1(C)CN(CC2CNCC2C)C1. The maximum atomic E-state index is 3.48. The van der Waals surface area contributed by atoms with Gasteiger partial charge < -0.3 is 10.2 Å². The Labute approximate surface area is 88.1 Å². The molecule has 2 aliphatic heterocycles. The van der Waals surface area contributed by atoms with Crippen LogP contribution in [0.2, 0.25) is 0 Å². The molecule has 14 heavy (non-hydrogen) atoms. The highest BCUT2D eigenvalue weighted by molar-refractivity contribution is 4.92. The summed E-state index contributed by atoms with van der Waals surface area (Å²) in [5.41, 5.74) is 0.634. The summed E-state index contributed by atoms with van der Waals surface area (Å²) in [6.07, 6.45) is 1.34. The van der Waals surface area contributed by atoms with Gasteiger partial charge in [-0.1, -0.05) is 20.8 Å². The van der Waals surface area contributed by atoms with Gasteiger partial charge in [-0.3, -0.25) is 0 Å². The zero-order chi connectivity index (χ0) is 10.2. The summed E-state index contributed by atoms with van der Waals surface area (Å²) in [5.74, 6) is 1.78. The molecule has 0 amide bonds. The zero-order valence-electron chi connectivity index (χ0n) is 9.84. The van der Waals surface area contributed by atoms with Gasteiger partial charge in [0.2, 0.25) is 0 Å². The quantitative estimate of drug-likeness (QED) is 0.737. The molecule has 0 aliphatic carbocycles. The molecule has 82 valence electrons. The van der Waals surface area contributed by atoms with E-state index in [4.69, 9.17) is 0 Å². The van der Waals surface area contributed by atoms with Gasteiger partial charge >= 0.3 is 0 Å². The molecule has 2 saturated heterocycles. The fourth-order valence-electron chi connectivity index (χ4n) is 2.83. The van der Waals surface area contributed by atoms with Crippen molar-refractivity contribution in [1.29, 1.82) is 0 Å². The fourth-order valence-corrected chi connectivity index (χ4v) is 2.83. The summed E-state index contributed by atoms with van der Waals surface area (Å²) in [6, 6.07) is 0. The maximum absolute atomic E-state index is 3.48. The summed E-state index contributed by atoms with van der Waals surface area (Å²) in [7, 11) is 0. The predicted octanol–water partition coefficient (Wildman–Crippen LogP) is 1.57. The van der Waals surface area contributed by atoms with Crippen molar-refractivity contribution < 1.29 is 0 Å². The van der Waals surface area contributed by atoms with Crippen molar-refractivity contribution in [2.24, 2.45) is 17.3 Å². The molecule has 0 saturated carbocycles. The Balaban J connectivity index is 1.73. The predicted molar refractivity (Wildman–Crippen MR) is 60.4 cm³/mol. The highest BCUT2D eigenvalue weighted by atomic mass is 15.2. The molecule has 0 aromatic heterocycles. The van der Waals surface area contributed by atoms with Crippen molar-refractivity contribution in [2.45, 2.75) is 27.2 Å². The average Bonchev–Trinajstić information content (AvgIpc) is 2.49. The Morgan fingerprint density at radius 2 is 2.07 bits per heavy atom. The van der Waals surface area contributed by atoms with E-state index in [-0.39, 0.29) is 0 Å². The lowest BCUT2D eigenvalue weighted by Gasteiger charge is -2.49. The molecule has 0 bridgehead atoms. The van der Waals surface area contributed by atoms with Gasteiger partial charge in [0.25, 0.3) is 0 Å². The molecule has 0 aromatic rings. The van der Waals surface area contributed by atoms with E-state index in [1.807, 2.05) is 0 Å². The Kier molecular flexibility index (Phi) is 2.85. The summed E-state index contributed by atoms with van der Waals surface area (Å²) in [6.45, 7) is 13.5. The lowest BCUT2D eigenvalue weighted by atomic mass is 9.78. The molecular weight excluding hydrogens is 172 g/mol. The highest BCUT2D eigenvalue weighted by Crippen LogP contribution is 2.34. The minimum Gasteiger partial charge on any atom is -0.316 e. The van der Waals surface area contributed by atoms with Crippen molar-refractivity contribution in [3.8, 4) is 0 Å². The maximum Gasteiger partial charge on any atom is 0.00478 e. The lowest BCUT2D eigenvalue weighted by Crippen LogP contribution is -2.55. The molecule has 0 aromatic carbocycles. The molecule has 0 radical (unpaired) electrons. The van der Waals surface area contributed by atoms with Gasteiger partial charge in [-0.15, -0.1) is 0 Å². The minimum atomic E-state index is 0.634. The highest BCUT2D eigenvalue weighted by Gasteiger charge is 2.38. The van der Waals surface area contributed by atoms with E-state index < -0.39 is 0 Å². The summed E-state index contributed by atoms with van der Waals surface area (Å²) < 4.78 is 0. The Morgan fingerprint density at radius 1 is 1.36 bits per heavy atom. The first-order valence-corrected chi connectivity index (χ1v) is 6.06. The molecule has 2 unspecified atom stereocenters. The standard InChI is InChI=1S/C12H24N2/c1-4-12(3)8-14(9-12)7-11-6-13-5-10(11)2/h10-11,13H,4-9H2,1-3H3. The van der Waals surface area contributed by atoms with Gasteiger partial charge in [-0.05, 0) is 36.8 Å². The number of nitrogens with one attached hydrogen (secondary N) is 1. The van der Waals surface area contributed by atoms with Crippen LogP contribution >= 0.6 is 0 Å². The number of hydrogen-bond donors (Lipinski definition) is 1. The van der Waals surface area contributed by atoms with Crippen LogP contribution in [0.5, 0.6) is 0 Å². The van der Waals surface area contributed by atoms with Crippen LogP contribution in [0, 0.1) is 17.3 Å². The van der Waals surface area contributed by atoms with Crippen LogP contribution < -0.4 is 5.32 Å². The number of rotatable bonds is 3. The van der Waals surface area contributed by atoms with Gasteiger partial charge in [0.05, 0.1) is 0 Å². The van der Waals surface area contributed by atoms with Crippen LogP contribution in [0.1, 0.15) is 27.2 Å². The van der Waals surface area contributed by atoms with Crippen LogP contribution in [0.4, 0.5) is 0 Å². The third-order valence-electron chi connectivity index (χ3n) is 4.23. The van der Waals surface area contributed by atoms with E-state index in [0.29, 0.717) is 5.41 Å². The zero-order valence-corrected chi connectivity index (χ0v) is 9.84. The van der Waals surface area contributed by atoms with E-state index in [1.54, 1.807) is 0 Å². The average molecular weight is 196 g/mol. The summed E-state index contributed by atoms with van der Waals surface area (Å²) in [4.78, 5) is 2.64. The van der Waals surface area contributed by atoms with Crippen LogP contribution in [-0.2, 0) is 0 Å². The molecule has 2 nitrogen and oxygen atoms in total. The Morgan fingerprint density at radius 3 is 2.57 bits per heavy atom. The number of likely N-dealkylation sites (tertiary alicyclic amines) is 1. The first kappa shape index (κ1) is 10.4. The molecular formula is C12H24N2. The third-order valence-corrected chi connectivity index (χ3v) is 4.23. The smallest absolute Gasteiger partial charge is 0.00478 e. The van der Waals surface area contributed by atoms with E-state index >= 15 is 0 Å². The summed E-state index contributed by atoms with van der Waals surface area (Å²) >= 11 is 0. The van der Waals surface area contributed by atoms with Crippen LogP contribution in [0.25, 0.3) is 0 Å². The third kappa shape index (κ3) is 1.96. The molecule has 2 rings (SSSR count). The Bertz CT molecular complexity index is 196. The number of hydrogen-bond acceptors (Lipinski definition) is 2. The van der Waals surface area contributed by atoms with E-state index in [9.17, 15) is 0 Å². The van der Waals surface area contributed by atoms with Gasteiger partial charge in [0, 0.05) is 19.6 Å². The molecule has 0 spiro atoms. The van der Waals surface area contributed by atoms with Gasteiger partial charge in [0.15, 0.2) is 0 Å². The fraction of sp³-hybridized carbons (Fsp3) is 1.00. The molecule has 2 atom stereocenters. The van der Waals surface area contributed by atoms with E-state index in [0.717, 1.165) is 11.8 Å². The Hall–Kier alpha value is -0.0800. The second-order valence-electron chi connectivity index (χ2n) is 5.73. The largest absolute Gasteiger partial charge is 0.316 e. The molecule has 2 heterocycles. The second kappa shape index (κ2) is 3.82. The normalized spacial score (nSPS) is 37.1. The topological polar surface area (TPSA) is 15.3 Å². The summed E-state index contributed by atoms with van der Waals surface area (Å²) in [5, 5.41) is 3.48. The van der Waals surface area contributed by atoms with Crippen molar-refractivity contribution in [1.82, 2.24) is 10.2 Å².